The zero-order chi connectivity index (χ0) is 27.1. The van der Waals surface area contributed by atoms with E-state index in [0.717, 1.165) is 19.3 Å². The maximum Gasteiger partial charge on any atom is 0.227 e. The first-order valence-electron chi connectivity index (χ1n) is 13.6. The summed E-state index contributed by atoms with van der Waals surface area (Å²) in [5.41, 5.74) is 0.784. The van der Waals surface area contributed by atoms with E-state index in [4.69, 9.17) is 11.6 Å². The van der Waals surface area contributed by atoms with Crippen LogP contribution in [0.5, 0.6) is 0 Å². The van der Waals surface area contributed by atoms with Crippen LogP contribution in [0.3, 0.4) is 0 Å². The summed E-state index contributed by atoms with van der Waals surface area (Å²) in [7, 11) is -3.27. The molecule has 1 aliphatic carbocycles. The summed E-state index contributed by atoms with van der Waals surface area (Å²) in [6.45, 7) is 1.11. The summed E-state index contributed by atoms with van der Waals surface area (Å²) in [4.78, 5) is 28.9. The second kappa shape index (κ2) is 13.2. The fraction of sp³-hybridized carbons (Fsp3) is 0.517. The normalized spacial score (nSPS) is 17.2. The summed E-state index contributed by atoms with van der Waals surface area (Å²) < 4.78 is 40.1. The van der Waals surface area contributed by atoms with Crippen LogP contribution in [0.1, 0.15) is 75.8 Å². The van der Waals surface area contributed by atoms with E-state index in [-0.39, 0.29) is 29.6 Å². The van der Waals surface area contributed by atoms with E-state index in [1.165, 1.54) is 46.7 Å². The van der Waals surface area contributed by atoms with E-state index in [0.29, 0.717) is 48.9 Å². The minimum absolute atomic E-state index is 0.0193. The average molecular weight is 563 g/mol. The predicted octanol–water partition coefficient (Wildman–Crippen LogP) is 6.30. The lowest BCUT2D eigenvalue weighted by atomic mass is 9.84. The van der Waals surface area contributed by atoms with Crippen LogP contribution in [0.25, 0.3) is 0 Å². The zero-order valence-electron chi connectivity index (χ0n) is 21.7. The molecule has 1 saturated heterocycles. The Morgan fingerprint density at radius 2 is 1.74 bits per heavy atom. The number of benzene rings is 2. The first-order chi connectivity index (χ1) is 18.3. The second-order valence-electron chi connectivity index (χ2n) is 10.3. The molecular formula is C29H36ClFN2O4S. The molecule has 2 fully saturated rings. The smallest absolute Gasteiger partial charge is 0.227 e. The molecule has 0 radical (unpaired) electrons. The third-order valence-corrected chi connectivity index (χ3v) is 9.79. The molecule has 2 aromatic carbocycles. The molecule has 0 N–H and O–H groups in total. The van der Waals surface area contributed by atoms with Gasteiger partial charge in [-0.15, -0.1) is 0 Å². The standard InChI is InChI=1S/C29H36ClFN2O4S/c30-26-14-5-4-13-25(26)29(27(34)17-16-22-9-2-1-3-10-22)33(24-12-8-11-23(31)21-24)28(35)15-6-7-20-38(36,37)32-18-19-32/h4-5,8,11-14,21-22,29H,1-3,6-7,9-10,15-20H2. The molecule has 4 rings (SSSR count). The molecule has 1 heterocycles. The molecule has 6 nitrogen and oxygen atoms in total. The maximum atomic E-state index is 14.3. The fourth-order valence-corrected chi connectivity index (χ4v) is 7.01. The van der Waals surface area contributed by atoms with Gasteiger partial charge in [-0.3, -0.25) is 14.5 Å². The lowest BCUT2D eigenvalue weighted by molar-refractivity contribution is -0.125. The molecule has 2 aromatic rings. The van der Waals surface area contributed by atoms with Gasteiger partial charge in [0.15, 0.2) is 5.78 Å². The number of hydrogen-bond acceptors (Lipinski definition) is 4. The van der Waals surface area contributed by atoms with Crippen molar-refractivity contribution in [2.75, 3.05) is 23.7 Å². The highest BCUT2D eigenvalue weighted by Crippen LogP contribution is 2.36. The van der Waals surface area contributed by atoms with Gasteiger partial charge in [0.05, 0.1) is 5.75 Å². The van der Waals surface area contributed by atoms with Crippen molar-refractivity contribution in [1.29, 1.82) is 0 Å². The van der Waals surface area contributed by atoms with Gasteiger partial charge in [0, 0.05) is 42.2 Å². The van der Waals surface area contributed by atoms with Gasteiger partial charge in [0.2, 0.25) is 15.9 Å². The number of unbranched alkanes of at least 4 members (excludes halogenated alkanes) is 1. The highest BCUT2D eigenvalue weighted by molar-refractivity contribution is 7.89. The van der Waals surface area contributed by atoms with Gasteiger partial charge in [-0.05, 0) is 49.4 Å². The average Bonchev–Trinajstić information content (AvgIpc) is 3.76. The van der Waals surface area contributed by atoms with Gasteiger partial charge in [-0.25, -0.2) is 12.8 Å². The molecule has 38 heavy (non-hydrogen) atoms. The van der Waals surface area contributed by atoms with Crippen LogP contribution in [-0.4, -0.2) is 43.3 Å². The number of Topliss-reactive ketones (excluding diaryl/α,β-unsaturated/α-hetero) is 1. The topological polar surface area (TPSA) is 74.5 Å². The highest BCUT2D eigenvalue weighted by atomic mass is 35.5. The van der Waals surface area contributed by atoms with E-state index in [9.17, 15) is 22.4 Å². The SMILES string of the molecule is O=C(CCC1CCCCC1)C(c1ccccc1Cl)N(C(=O)CCCCS(=O)(=O)N1CC1)c1cccc(F)c1. The lowest BCUT2D eigenvalue weighted by Gasteiger charge is -2.32. The first kappa shape index (κ1) is 28.7. The monoisotopic (exact) mass is 562 g/mol. The van der Waals surface area contributed by atoms with Crippen molar-refractivity contribution >= 4 is 39.0 Å². The summed E-state index contributed by atoms with van der Waals surface area (Å²) in [5, 5.41) is 0.363. The number of carbonyl (C=O) groups excluding carboxylic acids is 2. The van der Waals surface area contributed by atoms with Crippen LogP contribution in [0, 0.1) is 11.7 Å². The summed E-state index contributed by atoms with van der Waals surface area (Å²) in [5.74, 6) is -0.547. The Kier molecular flexibility index (Phi) is 9.96. The first-order valence-corrected chi connectivity index (χ1v) is 15.6. The number of nitrogens with zero attached hydrogens (tertiary/aromatic N) is 2. The molecule has 0 bridgehead atoms. The van der Waals surface area contributed by atoms with Crippen LogP contribution in [0.15, 0.2) is 48.5 Å². The van der Waals surface area contributed by atoms with E-state index in [1.54, 1.807) is 30.3 Å². The molecule has 1 saturated carbocycles. The molecule has 0 aromatic heterocycles. The van der Waals surface area contributed by atoms with Crippen LogP contribution >= 0.6 is 11.6 Å². The second-order valence-corrected chi connectivity index (χ2v) is 12.8. The van der Waals surface area contributed by atoms with Crippen molar-refractivity contribution in [2.45, 2.75) is 70.3 Å². The third kappa shape index (κ3) is 7.64. The third-order valence-electron chi connectivity index (χ3n) is 7.48. The van der Waals surface area contributed by atoms with E-state index in [1.807, 2.05) is 0 Å². The quantitative estimate of drug-likeness (QED) is 0.212. The van der Waals surface area contributed by atoms with Crippen LogP contribution in [-0.2, 0) is 19.6 Å². The van der Waals surface area contributed by atoms with Crippen molar-refractivity contribution in [2.24, 2.45) is 5.92 Å². The van der Waals surface area contributed by atoms with Gasteiger partial charge < -0.3 is 0 Å². The molecule has 1 amide bonds. The largest absolute Gasteiger partial charge is 0.298 e. The highest BCUT2D eigenvalue weighted by Gasteiger charge is 2.35. The van der Waals surface area contributed by atoms with Crippen molar-refractivity contribution in [3.63, 3.8) is 0 Å². The number of halogens is 2. The van der Waals surface area contributed by atoms with E-state index in [2.05, 4.69) is 0 Å². The van der Waals surface area contributed by atoms with Gasteiger partial charge in [0.25, 0.3) is 0 Å². The van der Waals surface area contributed by atoms with Gasteiger partial charge in [0.1, 0.15) is 11.9 Å². The number of sulfonamides is 1. The zero-order valence-corrected chi connectivity index (χ0v) is 23.2. The number of ketones is 1. The molecule has 9 heteroatoms. The molecule has 1 atom stereocenters. The van der Waals surface area contributed by atoms with Crippen molar-refractivity contribution in [1.82, 2.24) is 4.31 Å². The Balaban J connectivity index is 1.58. The Bertz CT molecular complexity index is 1230. The number of anilines is 1. The van der Waals surface area contributed by atoms with Gasteiger partial charge in [-0.1, -0.05) is 68.0 Å². The number of rotatable bonds is 13. The number of hydrogen-bond donors (Lipinski definition) is 0. The molecule has 1 unspecified atom stereocenters. The number of amides is 1. The minimum Gasteiger partial charge on any atom is -0.298 e. The van der Waals surface area contributed by atoms with Crippen molar-refractivity contribution < 1.29 is 22.4 Å². The Labute approximate surface area is 230 Å². The Morgan fingerprint density at radius 3 is 2.42 bits per heavy atom. The van der Waals surface area contributed by atoms with Crippen LogP contribution in [0.2, 0.25) is 5.02 Å². The van der Waals surface area contributed by atoms with Crippen LogP contribution < -0.4 is 4.90 Å². The molecule has 2 aliphatic rings. The maximum absolute atomic E-state index is 14.3. The summed E-state index contributed by atoms with van der Waals surface area (Å²) >= 11 is 6.56. The van der Waals surface area contributed by atoms with Gasteiger partial charge >= 0.3 is 0 Å². The number of carbonyl (C=O) groups is 2. The predicted molar refractivity (Wildman–Crippen MR) is 148 cm³/mol. The Morgan fingerprint density at radius 1 is 1.00 bits per heavy atom. The van der Waals surface area contributed by atoms with E-state index >= 15 is 0 Å². The minimum atomic E-state index is -3.27. The van der Waals surface area contributed by atoms with Crippen molar-refractivity contribution in [3.05, 3.63) is 64.9 Å². The van der Waals surface area contributed by atoms with E-state index < -0.39 is 21.9 Å². The van der Waals surface area contributed by atoms with Crippen LogP contribution in [0.4, 0.5) is 10.1 Å². The molecule has 0 spiro atoms. The Hall–Kier alpha value is -2.29. The fourth-order valence-electron chi connectivity index (χ4n) is 5.30. The van der Waals surface area contributed by atoms with Crippen molar-refractivity contribution in [3.8, 4) is 0 Å². The molecular weight excluding hydrogens is 527 g/mol. The molecule has 206 valence electrons. The van der Waals surface area contributed by atoms with Gasteiger partial charge in [-0.2, -0.15) is 4.31 Å². The molecule has 1 aliphatic heterocycles. The summed E-state index contributed by atoms with van der Waals surface area (Å²) in [6.07, 6.45) is 7.54. The summed E-state index contributed by atoms with van der Waals surface area (Å²) in [6, 6.07) is 11.6. The lowest BCUT2D eigenvalue weighted by Crippen LogP contribution is -2.39.